The van der Waals surface area contributed by atoms with E-state index < -0.39 is 0 Å². The predicted octanol–water partition coefficient (Wildman–Crippen LogP) is 4.26. The summed E-state index contributed by atoms with van der Waals surface area (Å²) in [5, 5.41) is 7.60. The molecule has 0 bridgehead atoms. The zero-order valence-electron chi connectivity index (χ0n) is 14.8. The molecule has 1 heterocycles. The van der Waals surface area contributed by atoms with E-state index in [-0.39, 0.29) is 11.1 Å². The molecule has 21 heavy (non-hydrogen) atoms. The molecule has 118 valence electrons. The average molecular weight is 288 g/mol. The van der Waals surface area contributed by atoms with Crippen LogP contribution in [-0.2, 0) is 0 Å². The summed E-state index contributed by atoms with van der Waals surface area (Å²) in [4.78, 5) is 0. The van der Waals surface area contributed by atoms with Crippen molar-refractivity contribution in [3.05, 3.63) is 34.9 Å². The van der Waals surface area contributed by atoms with Crippen LogP contribution in [0.4, 0.5) is 0 Å². The summed E-state index contributed by atoms with van der Waals surface area (Å²) in [5.74, 6) is 0. The lowest BCUT2D eigenvalue weighted by molar-refractivity contribution is 0.141. The first-order chi connectivity index (χ1) is 9.58. The third-order valence-corrected chi connectivity index (χ3v) is 4.71. The first kappa shape index (κ1) is 16.5. The second-order valence-corrected chi connectivity index (χ2v) is 8.23. The molecule has 1 unspecified atom stereocenters. The Morgan fingerprint density at radius 1 is 1.05 bits per heavy atom. The summed E-state index contributed by atoms with van der Waals surface area (Å²) in [7, 11) is 0. The van der Waals surface area contributed by atoms with Crippen LogP contribution >= 0.6 is 0 Å². The SMILES string of the molecule is Cc1ccc(C(C)NC2CC(C)(C)NC(C)(C)C2)cc1C. The van der Waals surface area contributed by atoms with Gasteiger partial charge in [0.05, 0.1) is 0 Å². The molecule has 1 saturated heterocycles. The lowest BCUT2D eigenvalue weighted by Gasteiger charge is -2.47. The second kappa shape index (κ2) is 5.73. The molecule has 2 N–H and O–H groups in total. The van der Waals surface area contributed by atoms with Crippen molar-refractivity contribution < 1.29 is 0 Å². The smallest absolute Gasteiger partial charge is 0.0294 e. The van der Waals surface area contributed by atoms with Gasteiger partial charge in [0.15, 0.2) is 0 Å². The molecule has 0 aromatic heterocycles. The Balaban J connectivity index is 2.08. The molecule has 2 rings (SSSR count). The largest absolute Gasteiger partial charge is 0.307 e. The molecule has 1 aromatic carbocycles. The minimum absolute atomic E-state index is 0.197. The van der Waals surface area contributed by atoms with Gasteiger partial charge in [-0.15, -0.1) is 0 Å². The number of aryl methyl sites for hydroxylation is 2. The Morgan fingerprint density at radius 2 is 1.62 bits per heavy atom. The third kappa shape index (κ3) is 4.31. The Hall–Kier alpha value is -0.860. The fourth-order valence-electron chi connectivity index (χ4n) is 3.92. The van der Waals surface area contributed by atoms with Crippen LogP contribution in [0.15, 0.2) is 18.2 Å². The Kier molecular flexibility index (Phi) is 4.51. The Morgan fingerprint density at radius 3 is 2.14 bits per heavy atom. The van der Waals surface area contributed by atoms with Crippen molar-refractivity contribution in [3.8, 4) is 0 Å². The summed E-state index contributed by atoms with van der Waals surface area (Å²) >= 11 is 0. The van der Waals surface area contributed by atoms with Gasteiger partial charge in [0.25, 0.3) is 0 Å². The van der Waals surface area contributed by atoms with E-state index in [0.29, 0.717) is 12.1 Å². The van der Waals surface area contributed by atoms with Crippen molar-refractivity contribution in [1.29, 1.82) is 0 Å². The molecule has 1 fully saturated rings. The zero-order chi connectivity index (χ0) is 15.8. The van der Waals surface area contributed by atoms with Gasteiger partial charge in [0, 0.05) is 23.2 Å². The van der Waals surface area contributed by atoms with Crippen molar-refractivity contribution in [3.63, 3.8) is 0 Å². The molecular formula is C19H32N2. The molecule has 1 atom stereocenters. The highest BCUT2D eigenvalue weighted by Gasteiger charge is 2.37. The van der Waals surface area contributed by atoms with E-state index in [0.717, 1.165) is 0 Å². The minimum Gasteiger partial charge on any atom is -0.307 e. The molecule has 0 radical (unpaired) electrons. The second-order valence-electron chi connectivity index (χ2n) is 8.23. The van der Waals surface area contributed by atoms with Gasteiger partial charge in [-0.1, -0.05) is 18.2 Å². The van der Waals surface area contributed by atoms with Crippen molar-refractivity contribution in [2.24, 2.45) is 0 Å². The van der Waals surface area contributed by atoms with E-state index in [1.54, 1.807) is 0 Å². The number of benzene rings is 1. The van der Waals surface area contributed by atoms with E-state index >= 15 is 0 Å². The van der Waals surface area contributed by atoms with Crippen molar-refractivity contribution in [2.45, 2.75) is 84.5 Å². The van der Waals surface area contributed by atoms with Gasteiger partial charge >= 0.3 is 0 Å². The monoisotopic (exact) mass is 288 g/mol. The molecule has 0 amide bonds. The lowest BCUT2D eigenvalue weighted by Crippen LogP contribution is -2.61. The van der Waals surface area contributed by atoms with Crippen LogP contribution in [0.25, 0.3) is 0 Å². The van der Waals surface area contributed by atoms with Crippen LogP contribution in [-0.4, -0.2) is 17.1 Å². The molecule has 0 spiro atoms. The average Bonchev–Trinajstić information content (AvgIpc) is 2.28. The molecule has 1 aliphatic rings. The van der Waals surface area contributed by atoms with Crippen molar-refractivity contribution >= 4 is 0 Å². The quantitative estimate of drug-likeness (QED) is 0.868. The third-order valence-electron chi connectivity index (χ3n) is 4.71. The van der Waals surface area contributed by atoms with E-state index in [1.165, 1.54) is 29.5 Å². The number of hydrogen-bond donors (Lipinski definition) is 2. The molecule has 2 nitrogen and oxygen atoms in total. The van der Waals surface area contributed by atoms with E-state index in [1.807, 2.05) is 0 Å². The predicted molar refractivity (Wildman–Crippen MR) is 91.8 cm³/mol. The summed E-state index contributed by atoms with van der Waals surface area (Å²) in [5.41, 5.74) is 4.54. The highest BCUT2D eigenvalue weighted by molar-refractivity contribution is 5.31. The number of nitrogens with one attached hydrogen (secondary N) is 2. The number of rotatable bonds is 3. The maximum absolute atomic E-state index is 3.85. The fraction of sp³-hybridized carbons (Fsp3) is 0.684. The topological polar surface area (TPSA) is 24.1 Å². The van der Waals surface area contributed by atoms with Gasteiger partial charge in [-0.3, -0.25) is 0 Å². The van der Waals surface area contributed by atoms with Crippen LogP contribution in [0.3, 0.4) is 0 Å². The van der Waals surface area contributed by atoms with Crippen LogP contribution in [0.1, 0.15) is 70.2 Å². The number of piperidine rings is 1. The van der Waals surface area contributed by atoms with Crippen molar-refractivity contribution in [1.82, 2.24) is 10.6 Å². The zero-order valence-corrected chi connectivity index (χ0v) is 14.8. The summed E-state index contributed by atoms with van der Waals surface area (Å²) in [6.07, 6.45) is 2.34. The van der Waals surface area contributed by atoms with E-state index in [9.17, 15) is 0 Å². The van der Waals surface area contributed by atoms with E-state index in [2.05, 4.69) is 77.3 Å². The van der Waals surface area contributed by atoms with E-state index in [4.69, 9.17) is 0 Å². The van der Waals surface area contributed by atoms with Gasteiger partial charge in [0.2, 0.25) is 0 Å². The Labute approximate surface area is 130 Å². The maximum atomic E-state index is 3.85. The molecule has 0 aliphatic carbocycles. The molecule has 1 aliphatic heterocycles. The lowest BCUT2D eigenvalue weighted by atomic mass is 9.79. The molecule has 2 heteroatoms. The maximum Gasteiger partial charge on any atom is 0.0294 e. The van der Waals surface area contributed by atoms with Crippen LogP contribution in [0.5, 0.6) is 0 Å². The molecule has 0 saturated carbocycles. The first-order valence-corrected chi connectivity index (χ1v) is 8.21. The van der Waals surface area contributed by atoms with Gasteiger partial charge in [-0.05, 0) is 78.0 Å². The van der Waals surface area contributed by atoms with Gasteiger partial charge in [0.1, 0.15) is 0 Å². The number of hydrogen-bond acceptors (Lipinski definition) is 2. The first-order valence-electron chi connectivity index (χ1n) is 8.21. The Bertz CT molecular complexity index is 486. The fourth-order valence-corrected chi connectivity index (χ4v) is 3.92. The summed E-state index contributed by atoms with van der Waals surface area (Å²) in [6, 6.07) is 7.78. The van der Waals surface area contributed by atoms with Gasteiger partial charge in [-0.2, -0.15) is 0 Å². The summed E-state index contributed by atoms with van der Waals surface area (Å²) in [6.45, 7) is 15.9. The standard InChI is InChI=1S/C19H32N2/c1-13-8-9-16(10-14(13)2)15(3)20-17-11-18(4,5)21-19(6,7)12-17/h8-10,15,17,20-21H,11-12H2,1-7H3. The van der Waals surface area contributed by atoms with Crippen LogP contribution < -0.4 is 10.6 Å². The van der Waals surface area contributed by atoms with Gasteiger partial charge in [-0.25, -0.2) is 0 Å². The normalized spacial score (nSPS) is 23.0. The highest BCUT2D eigenvalue weighted by atomic mass is 15.1. The van der Waals surface area contributed by atoms with Crippen molar-refractivity contribution in [2.75, 3.05) is 0 Å². The van der Waals surface area contributed by atoms with Crippen LogP contribution in [0, 0.1) is 13.8 Å². The molecule has 1 aromatic rings. The van der Waals surface area contributed by atoms with Crippen LogP contribution in [0.2, 0.25) is 0 Å². The minimum atomic E-state index is 0.197. The summed E-state index contributed by atoms with van der Waals surface area (Å²) < 4.78 is 0. The molecular weight excluding hydrogens is 256 g/mol. The highest BCUT2D eigenvalue weighted by Crippen LogP contribution is 2.30. The van der Waals surface area contributed by atoms with Gasteiger partial charge < -0.3 is 10.6 Å².